The Labute approximate surface area is 108 Å². The van der Waals surface area contributed by atoms with E-state index in [4.69, 9.17) is 0 Å². The molecule has 1 aromatic carbocycles. The molecular weight excluding hydrogens is 252 g/mol. The lowest BCUT2D eigenvalue weighted by Gasteiger charge is -2.12. The van der Waals surface area contributed by atoms with E-state index in [9.17, 15) is 13.2 Å². The molecule has 0 bridgehead atoms. The highest BCUT2D eigenvalue weighted by Crippen LogP contribution is 2.11. The summed E-state index contributed by atoms with van der Waals surface area (Å²) in [5.74, 6) is -0.242. The Balaban J connectivity index is 2.94. The highest BCUT2D eigenvalue weighted by molar-refractivity contribution is 7.89. The minimum absolute atomic E-state index is 0.117. The second-order valence-electron chi connectivity index (χ2n) is 4.03. The summed E-state index contributed by atoms with van der Waals surface area (Å²) in [4.78, 5) is 11.5. The molecule has 0 radical (unpaired) electrons. The fraction of sp³-hybridized carbons (Fsp3) is 0.417. The zero-order chi connectivity index (χ0) is 13.8. The number of rotatable bonds is 5. The molecule has 0 saturated heterocycles. The number of hydrogen-bond acceptors (Lipinski definition) is 3. The van der Waals surface area contributed by atoms with Crippen molar-refractivity contribution in [3.8, 4) is 0 Å². The molecule has 0 aliphatic rings. The van der Waals surface area contributed by atoms with Crippen molar-refractivity contribution >= 4 is 15.9 Å². The van der Waals surface area contributed by atoms with E-state index < -0.39 is 10.0 Å². The van der Waals surface area contributed by atoms with E-state index in [1.54, 1.807) is 6.92 Å². The lowest BCUT2D eigenvalue weighted by atomic mass is 10.2. The maximum absolute atomic E-state index is 11.9. The molecule has 0 saturated carbocycles. The van der Waals surface area contributed by atoms with Gasteiger partial charge in [-0.2, -0.15) is 0 Å². The predicted octanol–water partition coefficient (Wildman–Crippen LogP) is 1.12. The summed E-state index contributed by atoms with van der Waals surface area (Å²) in [5, 5.41) is 2.48. The van der Waals surface area contributed by atoms with Crippen molar-refractivity contribution in [3.05, 3.63) is 29.8 Å². The lowest BCUT2D eigenvalue weighted by molar-refractivity contribution is 0.0963. The molecule has 0 fully saturated rings. The molecule has 0 aromatic heterocycles. The minimum Gasteiger partial charge on any atom is -0.355 e. The van der Waals surface area contributed by atoms with Gasteiger partial charge in [0.25, 0.3) is 5.91 Å². The van der Waals surface area contributed by atoms with E-state index in [0.717, 1.165) is 6.42 Å². The first-order valence-electron chi connectivity index (χ1n) is 5.75. The second-order valence-corrected chi connectivity index (χ2v) is 5.75. The zero-order valence-corrected chi connectivity index (χ0v) is 11.5. The van der Waals surface area contributed by atoms with Crippen LogP contribution in [0.4, 0.5) is 0 Å². The zero-order valence-electron chi connectivity index (χ0n) is 10.7. The SMILES string of the molecule is CCC(C)NS(=O)(=O)c1ccc(C(=O)NC)cc1. The largest absolute Gasteiger partial charge is 0.355 e. The maximum atomic E-state index is 11.9. The number of nitrogens with one attached hydrogen (secondary N) is 2. The fourth-order valence-electron chi connectivity index (χ4n) is 1.35. The molecule has 1 unspecified atom stereocenters. The van der Waals surface area contributed by atoms with Gasteiger partial charge in [-0.05, 0) is 37.6 Å². The number of hydrogen-bond donors (Lipinski definition) is 2. The van der Waals surface area contributed by atoms with E-state index in [0.29, 0.717) is 5.56 Å². The van der Waals surface area contributed by atoms with Crippen LogP contribution in [0.15, 0.2) is 29.2 Å². The predicted molar refractivity (Wildman–Crippen MR) is 69.9 cm³/mol. The summed E-state index contributed by atoms with van der Waals surface area (Å²) in [6, 6.07) is 5.71. The van der Waals surface area contributed by atoms with Gasteiger partial charge >= 0.3 is 0 Å². The standard InChI is InChI=1S/C12H18N2O3S/c1-4-9(2)14-18(16,17)11-7-5-10(6-8-11)12(15)13-3/h5-9,14H,4H2,1-3H3,(H,13,15). The first kappa shape index (κ1) is 14.7. The van der Waals surface area contributed by atoms with Crippen LogP contribution in [-0.4, -0.2) is 27.4 Å². The molecule has 5 nitrogen and oxygen atoms in total. The Morgan fingerprint density at radius 2 is 1.83 bits per heavy atom. The van der Waals surface area contributed by atoms with Crippen molar-refractivity contribution in [2.75, 3.05) is 7.05 Å². The van der Waals surface area contributed by atoms with Gasteiger partial charge in [-0.1, -0.05) is 6.92 Å². The van der Waals surface area contributed by atoms with Crippen molar-refractivity contribution in [1.82, 2.24) is 10.0 Å². The quantitative estimate of drug-likeness (QED) is 0.842. The summed E-state index contributed by atoms with van der Waals surface area (Å²) in [6.07, 6.45) is 0.718. The molecule has 0 heterocycles. The highest BCUT2D eigenvalue weighted by Gasteiger charge is 2.16. The molecule has 6 heteroatoms. The van der Waals surface area contributed by atoms with E-state index in [-0.39, 0.29) is 16.8 Å². The number of carbonyl (C=O) groups excluding carboxylic acids is 1. The highest BCUT2D eigenvalue weighted by atomic mass is 32.2. The van der Waals surface area contributed by atoms with Gasteiger partial charge in [0.1, 0.15) is 0 Å². The maximum Gasteiger partial charge on any atom is 0.251 e. The summed E-state index contributed by atoms with van der Waals surface area (Å²) in [7, 11) is -1.98. The topological polar surface area (TPSA) is 75.3 Å². The third-order valence-electron chi connectivity index (χ3n) is 2.62. The first-order chi connectivity index (χ1) is 8.40. The van der Waals surface area contributed by atoms with Crippen molar-refractivity contribution < 1.29 is 13.2 Å². The number of amides is 1. The Morgan fingerprint density at radius 1 is 1.28 bits per heavy atom. The Kier molecular flexibility index (Phi) is 4.86. The molecule has 0 aliphatic carbocycles. The van der Waals surface area contributed by atoms with E-state index in [1.807, 2.05) is 6.92 Å². The lowest BCUT2D eigenvalue weighted by Crippen LogP contribution is -2.32. The molecule has 0 aliphatic heterocycles. The summed E-state index contributed by atoms with van der Waals surface area (Å²) >= 11 is 0. The average Bonchev–Trinajstić information content (AvgIpc) is 2.37. The molecule has 1 amide bonds. The van der Waals surface area contributed by atoms with Gasteiger partial charge in [0.15, 0.2) is 0 Å². The van der Waals surface area contributed by atoms with E-state index in [2.05, 4.69) is 10.0 Å². The van der Waals surface area contributed by atoms with E-state index in [1.165, 1.54) is 31.3 Å². The van der Waals surface area contributed by atoms with Crippen LogP contribution < -0.4 is 10.0 Å². The Hall–Kier alpha value is -1.40. The van der Waals surface area contributed by atoms with Gasteiger partial charge in [0, 0.05) is 18.7 Å². The number of benzene rings is 1. The van der Waals surface area contributed by atoms with Crippen molar-refractivity contribution in [2.24, 2.45) is 0 Å². The molecule has 18 heavy (non-hydrogen) atoms. The monoisotopic (exact) mass is 270 g/mol. The molecule has 100 valence electrons. The molecule has 2 N–H and O–H groups in total. The molecular formula is C12H18N2O3S. The molecule has 1 aromatic rings. The van der Waals surface area contributed by atoms with Gasteiger partial charge in [-0.15, -0.1) is 0 Å². The van der Waals surface area contributed by atoms with Crippen LogP contribution in [0.3, 0.4) is 0 Å². The van der Waals surface area contributed by atoms with Crippen LogP contribution >= 0.6 is 0 Å². The first-order valence-corrected chi connectivity index (χ1v) is 7.23. The second kappa shape index (κ2) is 5.97. The van der Waals surface area contributed by atoms with Crippen LogP contribution in [0.2, 0.25) is 0 Å². The van der Waals surface area contributed by atoms with Crippen LogP contribution in [0.1, 0.15) is 30.6 Å². The normalized spacial score (nSPS) is 13.1. The van der Waals surface area contributed by atoms with Crippen LogP contribution in [0.5, 0.6) is 0 Å². The number of sulfonamides is 1. The summed E-state index contributed by atoms with van der Waals surface area (Å²) < 4.78 is 26.4. The van der Waals surface area contributed by atoms with Gasteiger partial charge in [0.05, 0.1) is 4.90 Å². The smallest absolute Gasteiger partial charge is 0.251 e. The molecule has 1 rings (SSSR count). The Morgan fingerprint density at radius 3 is 2.28 bits per heavy atom. The van der Waals surface area contributed by atoms with Crippen molar-refractivity contribution in [1.29, 1.82) is 0 Å². The van der Waals surface area contributed by atoms with Gasteiger partial charge in [-0.25, -0.2) is 13.1 Å². The molecule has 0 spiro atoms. The van der Waals surface area contributed by atoms with Gasteiger partial charge < -0.3 is 5.32 Å². The third kappa shape index (κ3) is 3.54. The summed E-state index contributed by atoms with van der Waals surface area (Å²) in [5.41, 5.74) is 0.431. The molecule has 1 atom stereocenters. The van der Waals surface area contributed by atoms with Crippen LogP contribution in [-0.2, 0) is 10.0 Å². The van der Waals surface area contributed by atoms with Crippen molar-refractivity contribution in [2.45, 2.75) is 31.2 Å². The fourth-order valence-corrected chi connectivity index (χ4v) is 2.67. The summed E-state index contributed by atoms with van der Waals surface area (Å²) in [6.45, 7) is 3.71. The van der Waals surface area contributed by atoms with Crippen molar-refractivity contribution in [3.63, 3.8) is 0 Å². The van der Waals surface area contributed by atoms with Gasteiger partial charge in [-0.3, -0.25) is 4.79 Å². The third-order valence-corrected chi connectivity index (χ3v) is 4.23. The van der Waals surface area contributed by atoms with E-state index >= 15 is 0 Å². The van der Waals surface area contributed by atoms with Crippen LogP contribution in [0, 0.1) is 0 Å². The van der Waals surface area contributed by atoms with Gasteiger partial charge in [0.2, 0.25) is 10.0 Å². The minimum atomic E-state index is -3.50. The number of carbonyl (C=O) groups is 1. The Bertz CT molecular complexity index is 509. The average molecular weight is 270 g/mol. The van der Waals surface area contributed by atoms with Crippen LogP contribution in [0.25, 0.3) is 0 Å².